The van der Waals surface area contributed by atoms with Crippen molar-refractivity contribution >= 4 is 33.4 Å². The summed E-state index contributed by atoms with van der Waals surface area (Å²) in [6.07, 6.45) is 0. The molecule has 7 heteroatoms. The molecule has 0 unspecified atom stereocenters. The highest BCUT2D eigenvalue weighted by molar-refractivity contribution is 9.10. The lowest BCUT2D eigenvalue weighted by molar-refractivity contribution is -0.115. The van der Waals surface area contributed by atoms with Crippen LogP contribution >= 0.6 is 15.9 Å². The van der Waals surface area contributed by atoms with E-state index in [0.29, 0.717) is 28.1 Å². The first-order valence-electron chi connectivity index (χ1n) is 8.93. The standard InChI is InChI=1S/C21H25BrN2O4/c1-6-28-20-16(22)9-15(10-17(20)27-5)21(26)23-11-18(25)24-19-13(3)7-12(2)8-14(19)4/h7-10H,6,11H2,1-5H3,(H,23,26)(H,24,25). The van der Waals surface area contributed by atoms with E-state index in [1.165, 1.54) is 7.11 Å². The largest absolute Gasteiger partial charge is 0.493 e. The van der Waals surface area contributed by atoms with E-state index in [4.69, 9.17) is 9.47 Å². The fourth-order valence-corrected chi connectivity index (χ4v) is 3.52. The minimum absolute atomic E-state index is 0.140. The summed E-state index contributed by atoms with van der Waals surface area (Å²) in [7, 11) is 1.51. The Morgan fingerprint density at radius 2 is 1.71 bits per heavy atom. The zero-order valence-corrected chi connectivity index (χ0v) is 18.3. The van der Waals surface area contributed by atoms with Crippen LogP contribution in [-0.4, -0.2) is 32.1 Å². The molecule has 0 bridgehead atoms. The molecule has 2 amide bonds. The van der Waals surface area contributed by atoms with E-state index in [1.54, 1.807) is 12.1 Å². The third kappa shape index (κ3) is 5.25. The molecule has 2 aromatic carbocycles. The van der Waals surface area contributed by atoms with Crippen LogP contribution in [0.25, 0.3) is 0 Å². The number of carbonyl (C=O) groups is 2. The lowest BCUT2D eigenvalue weighted by Gasteiger charge is -2.14. The summed E-state index contributed by atoms with van der Waals surface area (Å²) in [6.45, 7) is 8.09. The summed E-state index contributed by atoms with van der Waals surface area (Å²) in [5.41, 5.74) is 4.24. The maximum absolute atomic E-state index is 12.5. The van der Waals surface area contributed by atoms with Crippen LogP contribution in [0.3, 0.4) is 0 Å². The maximum atomic E-state index is 12.5. The van der Waals surface area contributed by atoms with Gasteiger partial charge in [-0.1, -0.05) is 17.7 Å². The van der Waals surface area contributed by atoms with Gasteiger partial charge in [-0.2, -0.15) is 0 Å². The highest BCUT2D eigenvalue weighted by Crippen LogP contribution is 2.36. The molecule has 0 spiro atoms. The number of nitrogens with one attached hydrogen (secondary N) is 2. The van der Waals surface area contributed by atoms with Crippen molar-refractivity contribution in [2.45, 2.75) is 27.7 Å². The SMILES string of the molecule is CCOc1c(Br)cc(C(=O)NCC(=O)Nc2c(C)cc(C)cc2C)cc1OC. The second kappa shape index (κ2) is 9.59. The number of benzene rings is 2. The summed E-state index contributed by atoms with van der Waals surface area (Å²) in [5, 5.41) is 5.50. The Bertz CT molecular complexity index is 873. The molecule has 0 heterocycles. The van der Waals surface area contributed by atoms with Gasteiger partial charge in [0.15, 0.2) is 11.5 Å². The van der Waals surface area contributed by atoms with Crippen LogP contribution in [0.1, 0.15) is 34.0 Å². The van der Waals surface area contributed by atoms with Crippen molar-refractivity contribution in [3.8, 4) is 11.5 Å². The van der Waals surface area contributed by atoms with Crippen LogP contribution < -0.4 is 20.1 Å². The van der Waals surface area contributed by atoms with Gasteiger partial charge in [-0.15, -0.1) is 0 Å². The second-order valence-corrected chi connectivity index (χ2v) is 7.28. The van der Waals surface area contributed by atoms with Crippen LogP contribution in [-0.2, 0) is 4.79 Å². The Morgan fingerprint density at radius 3 is 2.29 bits per heavy atom. The summed E-state index contributed by atoms with van der Waals surface area (Å²) >= 11 is 3.39. The van der Waals surface area contributed by atoms with E-state index in [0.717, 1.165) is 22.4 Å². The molecule has 2 rings (SSSR count). The van der Waals surface area contributed by atoms with Crippen molar-refractivity contribution in [2.24, 2.45) is 0 Å². The smallest absolute Gasteiger partial charge is 0.251 e. The molecule has 0 aliphatic rings. The topological polar surface area (TPSA) is 76.7 Å². The normalized spacial score (nSPS) is 10.4. The van der Waals surface area contributed by atoms with Gasteiger partial charge < -0.3 is 20.1 Å². The molecule has 0 atom stereocenters. The predicted octanol–water partition coefficient (Wildman–Crippen LogP) is 4.15. The predicted molar refractivity (Wildman–Crippen MR) is 113 cm³/mol. The van der Waals surface area contributed by atoms with Gasteiger partial charge in [-0.3, -0.25) is 9.59 Å². The molecule has 28 heavy (non-hydrogen) atoms. The third-order valence-corrected chi connectivity index (χ3v) is 4.72. The van der Waals surface area contributed by atoms with Gasteiger partial charge in [0.1, 0.15) is 0 Å². The maximum Gasteiger partial charge on any atom is 0.251 e. The van der Waals surface area contributed by atoms with E-state index >= 15 is 0 Å². The first kappa shape index (κ1) is 21.8. The van der Waals surface area contributed by atoms with E-state index in [-0.39, 0.29) is 18.4 Å². The number of aryl methyl sites for hydroxylation is 3. The Labute approximate surface area is 173 Å². The summed E-state index contributed by atoms with van der Waals surface area (Å²) in [6, 6.07) is 7.22. The molecule has 150 valence electrons. The Hall–Kier alpha value is -2.54. The molecule has 0 saturated heterocycles. The summed E-state index contributed by atoms with van der Waals surface area (Å²) in [5.74, 6) is 0.302. The van der Waals surface area contributed by atoms with Crippen molar-refractivity contribution in [2.75, 3.05) is 25.6 Å². The van der Waals surface area contributed by atoms with Crippen molar-refractivity contribution in [1.29, 1.82) is 0 Å². The fraction of sp³-hybridized carbons (Fsp3) is 0.333. The van der Waals surface area contributed by atoms with Gasteiger partial charge in [-0.25, -0.2) is 0 Å². The van der Waals surface area contributed by atoms with Crippen molar-refractivity contribution in [3.63, 3.8) is 0 Å². The van der Waals surface area contributed by atoms with E-state index < -0.39 is 0 Å². The van der Waals surface area contributed by atoms with E-state index in [2.05, 4.69) is 26.6 Å². The number of hydrogen-bond acceptors (Lipinski definition) is 4. The first-order valence-corrected chi connectivity index (χ1v) is 9.72. The monoisotopic (exact) mass is 448 g/mol. The molecule has 0 fully saturated rings. The van der Waals surface area contributed by atoms with Crippen molar-refractivity contribution in [1.82, 2.24) is 5.32 Å². The molecule has 0 aliphatic carbocycles. The number of amides is 2. The van der Waals surface area contributed by atoms with Crippen molar-refractivity contribution < 1.29 is 19.1 Å². The molecule has 0 aromatic heterocycles. The zero-order valence-electron chi connectivity index (χ0n) is 16.7. The van der Waals surface area contributed by atoms with E-state index in [1.807, 2.05) is 39.8 Å². The number of rotatable bonds is 7. The van der Waals surface area contributed by atoms with Crippen LogP contribution in [0.2, 0.25) is 0 Å². The Morgan fingerprint density at radius 1 is 1.07 bits per heavy atom. The average molecular weight is 449 g/mol. The highest BCUT2D eigenvalue weighted by atomic mass is 79.9. The third-order valence-electron chi connectivity index (χ3n) is 4.13. The van der Waals surface area contributed by atoms with Gasteiger partial charge in [-0.05, 0) is 66.9 Å². The first-order chi connectivity index (χ1) is 13.3. The van der Waals surface area contributed by atoms with Crippen LogP contribution in [0, 0.1) is 20.8 Å². The van der Waals surface area contributed by atoms with Gasteiger partial charge in [0.05, 0.1) is 24.7 Å². The number of halogens is 1. The molecule has 0 saturated carbocycles. The fourth-order valence-electron chi connectivity index (χ4n) is 2.96. The van der Waals surface area contributed by atoms with E-state index in [9.17, 15) is 9.59 Å². The molecular formula is C21H25BrN2O4. The average Bonchev–Trinajstić information content (AvgIpc) is 2.64. The molecule has 2 N–H and O–H groups in total. The molecule has 6 nitrogen and oxygen atoms in total. The summed E-state index contributed by atoms with van der Waals surface area (Å²) in [4.78, 5) is 24.7. The highest BCUT2D eigenvalue weighted by Gasteiger charge is 2.16. The van der Waals surface area contributed by atoms with Crippen LogP contribution in [0.15, 0.2) is 28.7 Å². The van der Waals surface area contributed by atoms with Crippen LogP contribution in [0.5, 0.6) is 11.5 Å². The summed E-state index contributed by atoms with van der Waals surface area (Å²) < 4.78 is 11.4. The minimum atomic E-state index is -0.380. The number of carbonyl (C=O) groups excluding carboxylic acids is 2. The number of methoxy groups -OCH3 is 1. The molecule has 0 aliphatic heterocycles. The van der Waals surface area contributed by atoms with Gasteiger partial charge in [0, 0.05) is 11.3 Å². The second-order valence-electron chi connectivity index (χ2n) is 6.43. The number of anilines is 1. The van der Waals surface area contributed by atoms with Crippen molar-refractivity contribution in [3.05, 3.63) is 51.0 Å². The lowest BCUT2D eigenvalue weighted by Crippen LogP contribution is -2.33. The molecule has 2 aromatic rings. The zero-order chi connectivity index (χ0) is 20.8. The quantitative estimate of drug-likeness (QED) is 0.666. The van der Waals surface area contributed by atoms with Crippen LogP contribution in [0.4, 0.5) is 5.69 Å². The van der Waals surface area contributed by atoms with Gasteiger partial charge in [0.25, 0.3) is 5.91 Å². The Balaban J connectivity index is 2.06. The lowest BCUT2D eigenvalue weighted by atomic mass is 10.1. The minimum Gasteiger partial charge on any atom is -0.493 e. The number of ether oxygens (including phenoxy) is 2. The molecular weight excluding hydrogens is 424 g/mol. The van der Waals surface area contributed by atoms with Gasteiger partial charge >= 0.3 is 0 Å². The Kier molecular flexibility index (Phi) is 7.45. The number of hydrogen-bond donors (Lipinski definition) is 2. The van der Waals surface area contributed by atoms with Gasteiger partial charge in [0.2, 0.25) is 5.91 Å². The molecule has 0 radical (unpaired) electrons.